The van der Waals surface area contributed by atoms with Gasteiger partial charge in [-0.05, 0) is 31.1 Å². The number of anilines is 1. The Labute approximate surface area is 132 Å². The van der Waals surface area contributed by atoms with Gasteiger partial charge in [-0.25, -0.2) is 9.97 Å². The third-order valence-electron chi connectivity index (χ3n) is 4.83. The zero-order valence-corrected chi connectivity index (χ0v) is 13.1. The fourth-order valence-corrected chi connectivity index (χ4v) is 3.99. The van der Waals surface area contributed by atoms with E-state index in [1.807, 2.05) is 4.90 Å². The maximum absolute atomic E-state index is 12.9. The molecule has 3 rings (SSSR count). The van der Waals surface area contributed by atoms with Gasteiger partial charge in [0, 0.05) is 19.2 Å². The van der Waals surface area contributed by atoms with Crippen molar-refractivity contribution in [1.82, 2.24) is 9.97 Å². The summed E-state index contributed by atoms with van der Waals surface area (Å²) in [5.41, 5.74) is 0.242. The van der Waals surface area contributed by atoms with Crippen molar-refractivity contribution in [1.29, 1.82) is 0 Å². The standard InChI is InChI=1S/C15H19ClF3N3/c16-11-9-12(21-13(20-11)15(17,18)19)22-8-4-7-14(10-22)5-2-1-3-6-14/h9H,1-8,10H2. The lowest BCUT2D eigenvalue weighted by Crippen LogP contribution is -2.44. The molecule has 0 unspecified atom stereocenters. The van der Waals surface area contributed by atoms with Crippen LogP contribution in [0.1, 0.15) is 50.8 Å². The van der Waals surface area contributed by atoms with E-state index in [1.54, 1.807) is 0 Å². The summed E-state index contributed by atoms with van der Waals surface area (Å²) in [5, 5.41) is -0.152. The molecule has 0 atom stereocenters. The maximum Gasteiger partial charge on any atom is 0.451 e. The van der Waals surface area contributed by atoms with Gasteiger partial charge in [-0.3, -0.25) is 0 Å². The van der Waals surface area contributed by atoms with Crippen LogP contribution in [0.3, 0.4) is 0 Å². The highest BCUT2D eigenvalue weighted by molar-refractivity contribution is 6.29. The number of alkyl halides is 3. The molecule has 2 heterocycles. The van der Waals surface area contributed by atoms with E-state index in [4.69, 9.17) is 11.6 Å². The number of hydrogen-bond donors (Lipinski definition) is 0. The Morgan fingerprint density at radius 3 is 2.41 bits per heavy atom. The number of hydrogen-bond acceptors (Lipinski definition) is 3. The van der Waals surface area contributed by atoms with Crippen LogP contribution in [0.5, 0.6) is 0 Å². The van der Waals surface area contributed by atoms with E-state index >= 15 is 0 Å². The lowest BCUT2D eigenvalue weighted by atomic mass is 9.69. The van der Waals surface area contributed by atoms with Crippen molar-refractivity contribution in [2.75, 3.05) is 18.0 Å². The van der Waals surface area contributed by atoms with E-state index in [-0.39, 0.29) is 10.6 Å². The molecule has 3 nitrogen and oxygen atoms in total. The van der Waals surface area contributed by atoms with Gasteiger partial charge in [-0.2, -0.15) is 13.2 Å². The molecule has 0 bridgehead atoms. The summed E-state index contributed by atoms with van der Waals surface area (Å²) >= 11 is 5.77. The van der Waals surface area contributed by atoms with Crippen molar-refractivity contribution in [3.05, 3.63) is 17.0 Å². The first-order valence-corrected chi connectivity index (χ1v) is 8.13. The first kappa shape index (κ1) is 15.8. The van der Waals surface area contributed by atoms with E-state index in [0.29, 0.717) is 5.82 Å². The molecule has 1 aliphatic carbocycles. The van der Waals surface area contributed by atoms with Crippen molar-refractivity contribution in [2.24, 2.45) is 5.41 Å². The third-order valence-corrected chi connectivity index (χ3v) is 5.03. The minimum atomic E-state index is -4.57. The second kappa shape index (κ2) is 5.87. The Kier molecular flexibility index (Phi) is 4.23. The van der Waals surface area contributed by atoms with Crippen molar-refractivity contribution < 1.29 is 13.2 Å². The molecule has 0 aromatic carbocycles. The van der Waals surface area contributed by atoms with Crippen molar-refractivity contribution >= 4 is 17.4 Å². The Bertz CT molecular complexity index is 536. The van der Waals surface area contributed by atoms with Crippen LogP contribution in [0.25, 0.3) is 0 Å². The lowest BCUT2D eigenvalue weighted by Gasteiger charge is -2.45. The highest BCUT2D eigenvalue weighted by Gasteiger charge is 2.39. The molecule has 22 heavy (non-hydrogen) atoms. The SMILES string of the molecule is FC(F)(F)c1nc(Cl)cc(N2CCCC3(CCCCC3)C2)n1. The molecule has 1 spiro atoms. The van der Waals surface area contributed by atoms with Gasteiger partial charge in [0.05, 0.1) is 0 Å². The quantitative estimate of drug-likeness (QED) is 0.697. The molecular weight excluding hydrogens is 315 g/mol. The molecule has 2 fully saturated rings. The molecule has 1 saturated heterocycles. The summed E-state index contributed by atoms with van der Waals surface area (Å²) in [6, 6.07) is 1.44. The smallest absolute Gasteiger partial charge is 0.356 e. The summed E-state index contributed by atoms with van der Waals surface area (Å²) in [5.74, 6) is -0.852. The second-order valence-corrected chi connectivity index (χ2v) is 6.84. The molecule has 0 radical (unpaired) electrons. The fraction of sp³-hybridized carbons (Fsp3) is 0.733. The number of piperidine rings is 1. The van der Waals surface area contributed by atoms with Gasteiger partial charge in [0.25, 0.3) is 0 Å². The molecule has 1 saturated carbocycles. The molecule has 0 N–H and O–H groups in total. The highest BCUT2D eigenvalue weighted by Crippen LogP contribution is 2.44. The van der Waals surface area contributed by atoms with Crippen LogP contribution in [0.15, 0.2) is 6.07 Å². The first-order valence-electron chi connectivity index (χ1n) is 7.75. The molecule has 7 heteroatoms. The third kappa shape index (κ3) is 3.31. The van der Waals surface area contributed by atoms with E-state index in [0.717, 1.165) is 38.8 Å². The van der Waals surface area contributed by atoms with E-state index in [9.17, 15) is 13.2 Å². The average Bonchev–Trinajstić information content (AvgIpc) is 2.46. The number of nitrogens with zero attached hydrogens (tertiary/aromatic N) is 3. The van der Waals surface area contributed by atoms with Gasteiger partial charge < -0.3 is 4.90 Å². The molecule has 1 aromatic heterocycles. The van der Waals surface area contributed by atoms with Crippen LogP contribution in [-0.4, -0.2) is 23.1 Å². The summed E-state index contributed by atoms with van der Waals surface area (Å²) in [6.45, 7) is 1.50. The van der Waals surface area contributed by atoms with Crippen LogP contribution >= 0.6 is 11.6 Å². The van der Waals surface area contributed by atoms with Gasteiger partial charge in [-0.1, -0.05) is 30.9 Å². The lowest BCUT2D eigenvalue weighted by molar-refractivity contribution is -0.144. The van der Waals surface area contributed by atoms with E-state index in [2.05, 4.69) is 9.97 Å². The summed E-state index contributed by atoms with van der Waals surface area (Å²) in [6.07, 6.45) is 3.59. The van der Waals surface area contributed by atoms with Crippen LogP contribution in [0.4, 0.5) is 19.0 Å². The Hall–Kier alpha value is -1.04. The zero-order chi connectivity index (χ0) is 15.8. The molecule has 1 aliphatic heterocycles. The zero-order valence-electron chi connectivity index (χ0n) is 12.3. The maximum atomic E-state index is 12.9. The normalized spacial score (nSPS) is 22.1. The minimum absolute atomic E-state index is 0.152. The van der Waals surface area contributed by atoms with Crippen LogP contribution < -0.4 is 4.90 Å². The van der Waals surface area contributed by atoms with Gasteiger partial charge in [0.1, 0.15) is 11.0 Å². The van der Waals surface area contributed by atoms with Crippen LogP contribution in [0.2, 0.25) is 5.15 Å². The first-order chi connectivity index (χ1) is 10.4. The van der Waals surface area contributed by atoms with Gasteiger partial charge in [-0.15, -0.1) is 0 Å². The van der Waals surface area contributed by atoms with Gasteiger partial charge in [0.15, 0.2) is 0 Å². The topological polar surface area (TPSA) is 29.0 Å². The van der Waals surface area contributed by atoms with Crippen molar-refractivity contribution in [2.45, 2.75) is 51.1 Å². The van der Waals surface area contributed by atoms with Gasteiger partial charge in [0.2, 0.25) is 5.82 Å². The molecule has 0 amide bonds. The van der Waals surface area contributed by atoms with Gasteiger partial charge >= 0.3 is 6.18 Å². The Morgan fingerprint density at radius 1 is 1.05 bits per heavy atom. The summed E-state index contributed by atoms with van der Waals surface area (Å²) < 4.78 is 38.6. The monoisotopic (exact) mass is 333 g/mol. The Morgan fingerprint density at radius 2 is 1.73 bits per heavy atom. The van der Waals surface area contributed by atoms with Crippen LogP contribution in [0, 0.1) is 5.41 Å². The average molecular weight is 334 g/mol. The summed E-state index contributed by atoms with van der Waals surface area (Å²) in [7, 11) is 0. The Balaban J connectivity index is 1.85. The summed E-state index contributed by atoms with van der Waals surface area (Å²) in [4.78, 5) is 8.97. The number of halogens is 4. The number of aromatic nitrogens is 2. The second-order valence-electron chi connectivity index (χ2n) is 6.46. The number of rotatable bonds is 1. The fourth-order valence-electron chi connectivity index (χ4n) is 3.81. The molecule has 1 aromatic rings. The van der Waals surface area contributed by atoms with Crippen molar-refractivity contribution in [3.63, 3.8) is 0 Å². The highest BCUT2D eigenvalue weighted by atomic mass is 35.5. The molecular formula is C15H19ClF3N3. The predicted molar refractivity (Wildman–Crippen MR) is 79.0 cm³/mol. The van der Waals surface area contributed by atoms with E-state index in [1.165, 1.54) is 25.3 Å². The molecule has 2 aliphatic rings. The van der Waals surface area contributed by atoms with Crippen molar-refractivity contribution in [3.8, 4) is 0 Å². The largest absolute Gasteiger partial charge is 0.451 e. The predicted octanol–water partition coefficient (Wildman–Crippen LogP) is 4.70. The molecule has 122 valence electrons. The van der Waals surface area contributed by atoms with Crippen LogP contribution in [-0.2, 0) is 6.18 Å². The van der Waals surface area contributed by atoms with E-state index < -0.39 is 12.0 Å². The minimum Gasteiger partial charge on any atom is -0.356 e.